The first-order chi connectivity index (χ1) is 14.9. The normalized spacial score (nSPS) is 18.5. The molecule has 4 rings (SSSR count). The average molecular weight is 425 g/mol. The molecule has 0 aromatic heterocycles. The summed E-state index contributed by atoms with van der Waals surface area (Å²) in [6.07, 6.45) is 1.70. The molecule has 1 saturated heterocycles. The molecule has 8 heteroatoms. The highest BCUT2D eigenvalue weighted by Gasteiger charge is 2.27. The fourth-order valence-electron chi connectivity index (χ4n) is 4.08. The van der Waals surface area contributed by atoms with Gasteiger partial charge in [-0.1, -0.05) is 19.1 Å². The number of para-hydroxylation sites is 2. The Morgan fingerprint density at radius 3 is 2.61 bits per heavy atom. The maximum atomic E-state index is 13.0. The number of ether oxygens (including phenoxy) is 2. The van der Waals surface area contributed by atoms with Crippen molar-refractivity contribution in [3.05, 3.63) is 58.1 Å². The van der Waals surface area contributed by atoms with E-state index in [1.807, 2.05) is 29.2 Å². The van der Waals surface area contributed by atoms with E-state index in [1.54, 1.807) is 19.2 Å². The van der Waals surface area contributed by atoms with Crippen molar-refractivity contribution in [3.8, 4) is 11.5 Å². The van der Waals surface area contributed by atoms with Gasteiger partial charge in [0.2, 0.25) is 0 Å². The van der Waals surface area contributed by atoms with Crippen LogP contribution in [0, 0.1) is 16.0 Å². The van der Waals surface area contributed by atoms with Crippen LogP contribution in [0.3, 0.4) is 0 Å². The number of nitro groups is 1. The molecule has 8 nitrogen and oxygen atoms in total. The first kappa shape index (κ1) is 21.0. The molecular weight excluding hydrogens is 398 g/mol. The van der Waals surface area contributed by atoms with Crippen molar-refractivity contribution in [1.29, 1.82) is 0 Å². The summed E-state index contributed by atoms with van der Waals surface area (Å²) in [5.41, 5.74) is 0.845. The van der Waals surface area contributed by atoms with Gasteiger partial charge in [-0.05, 0) is 43.0 Å². The van der Waals surface area contributed by atoms with E-state index in [1.165, 1.54) is 11.0 Å². The second-order valence-electron chi connectivity index (χ2n) is 8.31. The third-order valence-electron chi connectivity index (χ3n) is 5.94. The predicted octanol–water partition coefficient (Wildman–Crippen LogP) is 3.74. The molecule has 2 heterocycles. The van der Waals surface area contributed by atoms with Gasteiger partial charge in [0.25, 0.3) is 11.6 Å². The van der Waals surface area contributed by atoms with Crippen LogP contribution in [0.2, 0.25) is 0 Å². The molecule has 1 amide bonds. The van der Waals surface area contributed by atoms with Crippen LogP contribution < -0.4 is 14.4 Å². The Morgan fingerprint density at radius 1 is 1.19 bits per heavy atom. The Bertz CT molecular complexity index is 971. The molecule has 0 unspecified atom stereocenters. The van der Waals surface area contributed by atoms with Crippen molar-refractivity contribution in [3.63, 3.8) is 0 Å². The number of piperidine rings is 1. The van der Waals surface area contributed by atoms with Gasteiger partial charge < -0.3 is 19.3 Å². The lowest BCUT2D eigenvalue weighted by Crippen LogP contribution is -2.41. The van der Waals surface area contributed by atoms with E-state index >= 15 is 0 Å². The van der Waals surface area contributed by atoms with Crippen LogP contribution in [-0.2, 0) is 0 Å². The van der Waals surface area contributed by atoms with Crippen molar-refractivity contribution >= 4 is 17.3 Å². The number of fused-ring (bicyclic) bond motifs is 1. The van der Waals surface area contributed by atoms with E-state index in [0.717, 1.165) is 25.9 Å². The van der Waals surface area contributed by atoms with Crippen molar-refractivity contribution in [2.45, 2.75) is 25.9 Å². The molecule has 0 N–H and O–H groups in total. The Hall–Kier alpha value is -3.29. The number of carbonyl (C=O) groups excluding carboxylic acids is 1. The fraction of sp³-hybridized carbons (Fsp3) is 0.435. The number of hydrogen-bond acceptors (Lipinski definition) is 6. The van der Waals surface area contributed by atoms with Gasteiger partial charge in [-0.25, -0.2) is 0 Å². The van der Waals surface area contributed by atoms with Gasteiger partial charge in [0.05, 0.1) is 11.5 Å². The highest BCUT2D eigenvalue weighted by atomic mass is 16.6. The summed E-state index contributed by atoms with van der Waals surface area (Å²) in [5.74, 6) is 1.67. The second-order valence-corrected chi connectivity index (χ2v) is 8.31. The zero-order valence-electron chi connectivity index (χ0n) is 17.8. The van der Waals surface area contributed by atoms with Crippen LogP contribution in [0.1, 0.15) is 30.1 Å². The molecule has 2 aliphatic rings. The van der Waals surface area contributed by atoms with Crippen LogP contribution in [-0.4, -0.2) is 55.1 Å². The van der Waals surface area contributed by atoms with E-state index < -0.39 is 4.92 Å². The quantitative estimate of drug-likeness (QED) is 0.536. The molecule has 0 bridgehead atoms. The molecule has 1 atom stereocenters. The smallest absolute Gasteiger partial charge is 0.293 e. The van der Waals surface area contributed by atoms with Crippen LogP contribution in [0.4, 0.5) is 11.4 Å². The minimum atomic E-state index is -0.404. The van der Waals surface area contributed by atoms with Gasteiger partial charge in [0, 0.05) is 31.8 Å². The summed E-state index contributed by atoms with van der Waals surface area (Å²) in [6.45, 7) is 4.42. The highest BCUT2D eigenvalue weighted by molar-refractivity contribution is 5.95. The van der Waals surface area contributed by atoms with Crippen LogP contribution in [0.25, 0.3) is 0 Å². The monoisotopic (exact) mass is 425 g/mol. The number of likely N-dealkylation sites (N-methyl/N-ethyl adjacent to an activating group) is 1. The van der Waals surface area contributed by atoms with E-state index in [0.29, 0.717) is 41.8 Å². The molecule has 0 radical (unpaired) electrons. The summed E-state index contributed by atoms with van der Waals surface area (Å²) >= 11 is 0. The zero-order chi connectivity index (χ0) is 22.0. The standard InChI is InChI=1S/C23H27N3O5/c1-16-9-11-25(12-10-16)19-8-7-17(13-20(19)26(28)29)23(27)24(2)14-18-15-30-21-5-3-4-6-22(21)31-18/h3-8,13,16,18H,9-12,14-15H2,1-2H3/t18-/m1/s1. The predicted molar refractivity (Wildman–Crippen MR) is 117 cm³/mol. The summed E-state index contributed by atoms with van der Waals surface area (Å²) in [6, 6.07) is 12.2. The number of benzene rings is 2. The molecule has 164 valence electrons. The summed E-state index contributed by atoms with van der Waals surface area (Å²) < 4.78 is 11.6. The first-order valence-corrected chi connectivity index (χ1v) is 10.6. The van der Waals surface area contributed by atoms with E-state index in [2.05, 4.69) is 6.92 Å². The lowest BCUT2D eigenvalue weighted by Gasteiger charge is -2.32. The van der Waals surface area contributed by atoms with Crippen molar-refractivity contribution < 1.29 is 19.2 Å². The number of nitrogens with zero attached hydrogens (tertiary/aromatic N) is 3. The Morgan fingerprint density at radius 2 is 1.90 bits per heavy atom. The van der Waals surface area contributed by atoms with Crippen LogP contribution in [0.5, 0.6) is 11.5 Å². The molecule has 2 aliphatic heterocycles. The number of anilines is 1. The number of nitro benzene ring substituents is 1. The fourth-order valence-corrected chi connectivity index (χ4v) is 4.08. The van der Waals surface area contributed by atoms with Crippen molar-refractivity contribution in [1.82, 2.24) is 4.90 Å². The lowest BCUT2D eigenvalue weighted by molar-refractivity contribution is -0.384. The van der Waals surface area contributed by atoms with Gasteiger partial charge in [-0.3, -0.25) is 14.9 Å². The van der Waals surface area contributed by atoms with Crippen LogP contribution in [0.15, 0.2) is 42.5 Å². The Balaban J connectivity index is 1.46. The van der Waals surface area contributed by atoms with Crippen molar-refractivity contribution in [2.75, 3.05) is 38.2 Å². The molecule has 0 saturated carbocycles. The number of amides is 1. The van der Waals surface area contributed by atoms with E-state index in [4.69, 9.17) is 9.47 Å². The van der Waals surface area contributed by atoms with Gasteiger partial charge in [-0.2, -0.15) is 0 Å². The molecular formula is C23H27N3O5. The van der Waals surface area contributed by atoms with E-state index in [-0.39, 0.29) is 17.7 Å². The minimum Gasteiger partial charge on any atom is -0.486 e. The third-order valence-corrected chi connectivity index (χ3v) is 5.94. The van der Waals surface area contributed by atoms with E-state index in [9.17, 15) is 14.9 Å². The molecule has 2 aromatic carbocycles. The molecule has 0 aliphatic carbocycles. The largest absolute Gasteiger partial charge is 0.486 e. The number of carbonyl (C=O) groups is 1. The first-order valence-electron chi connectivity index (χ1n) is 10.6. The molecule has 0 spiro atoms. The maximum Gasteiger partial charge on any atom is 0.293 e. The Kier molecular flexibility index (Phi) is 5.97. The van der Waals surface area contributed by atoms with Crippen molar-refractivity contribution in [2.24, 2.45) is 5.92 Å². The SMILES string of the molecule is CC1CCN(c2ccc(C(=O)N(C)C[C@@H]3COc4ccccc4O3)cc2[N+](=O)[O-])CC1. The number of rotatable bonds is 5. The minimum absolute atomic E-state index is 0.0278. The molecule has 2 aromatic rings. The van der Waals surface area contributed by atoms with Gasteiger partial charge >= 0.3 is 0 Å². The second kappa shape index (κ2) is 8.83. The van der Waals surface area contributed by atoms with Gasteiger partial charge in [0.1, 0.15) is 12.3 Å². The third kappa shape index (κ3) is 4.57. The van der Waals surface area contributed by atoms with Gasteiger partial charge in [-0.15, -0.1) is 0 Å². The lowest BCUT2D eigenvalue weighted by atomic mass is 9.98. The molecule has 1 fully saturated rings. The Labute approximate surface area is 181 Å². The molecule has 31 heavy (non-hydrogen) atoms. The maximum absolute atomic E-state index is 13.0. The zero-order valence-corrected chi connectivity index (χ0v) is 17.8. The summed E-state index contributed by atoms with van der Waals surface area (Å²) in [4.78, 5) is 27.8. The highest BCUT2D eigenvalue weighted by Crippen LogP contribution is 2.33. The summed E-state index contributed by atoms with van der Waals surface area (Å²) in [5, 5.41) is 11.7. The van der Waals surface area contributed by atoms with Crippen LogP contribution >= 0.6 is 0 Å². The summed E-state index contributed by atoms with van der Waals surface area (Å²) in [7, 11) is 1.66. The van der Waals surface area contributed by atoms with Gasteiger partial charge in [0.15, 0.2) is 17.6 Å². The average Bonchev–Trinajstić information content (AvgIpc) is 2.78. The topological polar surface area (TPSA) is 85.2 Å². The number of hydrogen-bond donors (Lipinski definition) is 0.